The first-order valence-corrected chi connectivity index (χ1v) is 10.1. The molecule has 0 spiro atoms. The van der Waals surface area contributed by atoms with Crippen LogP contribution in [0.5, 0.6) is 0 Å². The second-order valence-corrected chi connectivity index (χ2v) is 7.52. The molecule has 0 aromatic heterocycles. The van der Waals surface area contributed by atoms with Crippen LogP contribution in [0.2, 0.25) is 0 Å². The molecule has 0 aliphatic rings. The van der Waals surface area contributed by atoms with E-state index < -0.39 is 35.3 Å². The van der Waals surface area contributed by atoms with Crippen molar-refractivity contribution >= 4 is 35.0 Å². The Morgan fingerprint density at radius 3 is 1.39 bits per heavy atom. The van der Waals surface area contributed by atoms with Crippen molar-refractivity contribution in [1.29, 1.82) is 0 Å². The van der Waals surface area contributed by atoms with Crippen LogP contribution in [0.25, 0.3) is 0 Å². The van der Waals surface area contributed by atoms with E-state index in [0.29, 0.717) is 0 Å². The molecule has 168 valence electrons. The van der Waals surface area contributed by atoms with E-state index in [2.05, 4.69) is 10.6 Å². The molecule has 11 heteroatoms. The van der Waals surface area contributed by atoms with Crippen molar-refractivity contribution in [3.8, 4) is 0 Å². The van der Waals surface area contributed by atoms with E-state index in [-0.39, 0.29) is 35.7 Å². The molecule has 4 nitrogen and oxygen atoms in total. The van der Waals surface area contributed by atoms with Gasteiger partial charge in [-0.05, 0) is 24.3 Å². The number of carbonyl (C=O) groups excluding carboxylic acids is 2. The molecule has 0 atom stereocenters. The summed E-state index contributed by atoms with van der Waals surface area (Å²) in [6.07, 6.45) is -9.38. The van der Waals surface area contributed by atoms with E-state index in [0.717, 1.165) is 24.3 Å². The predicted molar refractivity (Wildman–Crippen MR) is 107 cm³/mol. The molecular formula is C20H18F6N2O2S. The number of halogens is 6. The zero-order valence-electron chi connectivity index (χ0n) is 15.9. The first kappa shape index (κ1) is 24.6. The summed E-state index contributed by atoms with van der Waals surface area (Å²) in [5.74, 6) is -0.778. The number of carbonyl (C=O) groups is 2. The Balaban J connectivity index is 1.75. The van der Waals surface area contributed by atoms with Crippen LogP contribution in [0.15, 0.2) is 48.5 Å². The number of rotatable bonds is 8. The first-order chi connectivity index (χ1) is 14.5. The van der Waals surface area contributed by atoms with Crippen molar-refractivity contribution in [2.45, 2.75) is 25.2 Å². The fourth-order valence-electron chi connectivity index (χ4n) is 2.54. The van der Waals surface area contributed by atoms with Crippen LogP contribution in [0.3, 0.4) is 0 Å². The van der Waals surface area contributed by atoms with Crippen molar-refractivity contribution in [3.63, 3.8) is 0 Å². The lowest BCUT2D eigenvalue weighted by Crippen LogP contribution is -2.17. The number of thioether (sulfide) groups is 1. The molecule has 2 aromatic rings. The van der Waals surface area contributed by atoms with Crippen molar-refractivity contribution in [3.05, 3.63) is 59.7 Å². The van der Waals surface area contributed by atoms with Crippen LogP contribution in [0.1, 0.15) is 24.0 Å². The third kappa shape index (κ3) is 7.82. The summed E-state index contributed by atoms with van der Waals surface area (Å²) in [6.45, 7) is 0. The summed E-state index contributed by atoms with van der Waals surface area (Å²) in [4.78, 5) is 23.8. The van der Waals surface area contributed by atoms with Gasteiger partial charge in [0.2, 0.25) is 11.8 Å². The minimum Gasteiger partial charge on any atom is -0.325 e. The van der Waals surface area contributed by atoms with E-state index in [1.54, 1.807) is 0 Å². The lowest BCUT2D eigenvalue weighted by molar-refractivity contribution is -0.137. The van der Waals surface area contributed by atoms with Crippen LogP contribution in [0.4, 0.5) is 37.7 Å². The smallest absolute Gasteiger partial charge is 0.325 e. The highest BCUT2D eigenvalue weighted by Gasteiger charge is 2.34. The third-order valence-electron chi connectivity index (χ3n) is 3.96. The van der Waals surface area contributed by atoms with Gasteiger partial charge in [0.1, 0.15) is 0 Å². The van der Waals surface area contributed by atoms with E-state index in [1.165, 1.54) is 36.0 Å². The van der Waals surface area contributed by atoms with Crippen LogP contribution in [-0.4, -0.2) is 23.3 Å². The molecule has 0 heterocycles. The maximum absolute atomic E-state index is 12.9. The normalized spacial score (nSPS) is 11.8. The Labute approximate surface area is 178 Å². The highest BCUT2D eigenvalue weighted by Crippen LogP contribution is 2.35. The Morgan fingerprint density at radius 2 is 1.03 bits per heavy atom. The fraction of sp³-hybridized carbons (Fsp3) is 0.300. The molecule has 2 aromatic carbocycles. The van der Waals surface area contributed by atoms with Crippen LogP contribution < -0.4 is 10.6 Å². The Hall–Kier alpha value is -2.69. The van der Waals surface area contributed by atoms with Gasteiger partial charge >= 0.3 is 12.4 Å². The minimum absolute atomic E-state index is 0.0879. The number of amides is 2. The molecule has 0 saturated heterocycles. The molecule has 0 fully saturated rings. The lowest BCUT2D eigenvalue weighted by atomic mass is 10.1. The zero-order chi connectivity index (χ0) is 23.1. The number of benzene rings is 2. The molecule has 31 heavy (non-hydrogen) atoms. The zero-order valence-corrected chi connectivity index (χ0v) is 16.8. The average molecular weight is 464 g/mol. The highest BCUT2D eigenvalue weighted by atomic mass is 32.2. The maximum atomic E-state index is 12.9. The van der Waals surface area contributed by atoms with E-state index in [9.17, 15) is 35.9 Å². The Bertz CT molecular complexity index is 842. The van der Waals surface area contributed by atoms with Gasteiger partial charge in [-0.15, -0.1) is 0 Å². The number of hydrogen-bond donors (Lipinski definition) is 2. The van der Waals surface area contributed by atoms with Gasteiger partial charge in [0.05, 0.1) is 22.5 Å². The second-order valence-electron chi connectivity index (χ2n) is 6.30. The molecule has 0 unspecified atom stereocenters. The summed E-state index contributed by atoms with van der Waals surface area (Å²) < 4.78 is 77.5. The van der Waals surface area contributed by atoms with Crippen LogP contribution in [-0.2, 0) is 21.9 Å². The third-order valence-corrected chi connectivity index (χ3v) is 4.95. The largest absolute Gasteiger partial charge is 0.418 e. The number of anilines is 2. The summed E-state index contributed by atoms with van der Waals surface area (Å²) in [7, 11) is 0. The number of hydrogen-bond acceptors (Lipinski definition) is 3. The average Bonchev–Trinajstić information content (AvgIpc) is 2.67. The standard InChI is InChI=1S/C20H18F6N2O2S/c21-19(22,23)13-5-1-3-7-15(13)27-17(29)9-11-31-12-10-18(30)28-16-8-4-2-6-14(16)20(24,25)26/h1-8H,9-12H2,(H,27,29)(H,28,30). The van der Waals surface area contributed by atoms with E-state index in [1.807, 2.05) is 0 Å². The van der Waals surface area contributed by atoms with E-state index >= 15 is 0 Å². The van der Waals surface area contributed by atoms with Gasteiger partial charge in [-0.3, -0.25) is 9.59 Å². The first-order valence-electron chi connectivity index (χ1n) is 8.98. The number of nitrogens with one attached hydrogen (secondary N) is 2. The van der Waals surface area contributed by atoms with Crippen LogP contribution >= 0.6 is 11.8 Å². The summed E-state index contributed by atoms with van der Waals surface area (Å²) in [5, 5.41) is 4.42. The lowest BCUT2D eigenvalue weighted by Gasteiger charge is -2.13. The fourth-order valence-corrected chi connectivity index (χ4v) is 3.40. The number of para-hydroxylation sites is 2. The number of alkyl halides is 6. The second kappa shape index (κ2) is 10.6. The van der Waals surface area contributed by atoms with Crippen molar-refractivity contribution in [1.82, 2.24) is 0 Å². The van der Waals surface area contributed by atoms with Crippen molar-refractivity contribution in [2.75, 3.05) is 22.1 Å². The molecule has 2 amide bonds. The van der Waals surface area contributed by atoms with Gasteiger partial charge in [-0.2, -0.15) is 38.1 Å². The van der Waals surface area contributed by atoms with Gasteiger partial charge in [0, 0.05) is 24.3 Å². The monoisotopic (exact) mass is 464 g/mol. The summed E-state index contributed by atoms with van der Waals surface area (Å²) in [6, 6.07) is 9.19. The Kier molecular flexibility index (Phi) is 8.37. The molecule has 0 saturated carbocycles. The van der Waals surface area contributed by atoms with Crippen molar-refractivity contribution in [2.24, 2.45) is 0 Å². The van der Waals surface area contributed by atoms with Gasteiger partial charge in [0.25, 0.3) is 0 Å². The topological polar surface area (TPSA) is 58.2 Å². The SMILES string of the molecule is O=C(CCSCCC(=O)Nc1ccccc1C(F)(F)F)Nc1ccccc1C(F)(F)F. The Morgan fingerprint density at radius 1 is 0.677 bits per heavy atom. The molecule has 0 bridgehead atoms. The maximum Gasteiger partial charge on any atom is 0.418 e. The predicted octanol–water partition coefficient (Wildman–Crippen LogP) is 5.81. The molecule has 0 aliphatic heterocycles. The summed E-state index contributed by atoms with van der Waals surface area (Å²) in [5.41, 5.74) is -2.58. The van der Waals surface area contributed by atoms with Gasteiger partial charge in [-0.25, -0.2) is 0 Å². The molecule has 2 N–H and O–H groups in total. The summed E-state index contributed by atoms with van der Waals surface area (Å²) >= 11 is 1.18. The molecule has 2 rings (SSSR count). The van der Waals surface area contributed by atoms with Gasteiger partial charge in [0.15, 0.2) is 0 Å². The quantitative estimate of drug-likeness (QED) is 0.383. The van der Waals surface area contributed by atoms with Gasteiger partial charge < -0.3 is 10.6 Å². The highest BCUT2D eigenvalue weighted by molar-refractivity contribution is 7.99. The molecular weight excluding hydrogens is 446 g/mol. The van der Waals surface area contributed by atoms with Gasteiger partial charge in [-0.1, -0.05) is 24.3 Å². The van der Waals surface area contributed by atoms with Crippen molar-refractivity contribution < 1.29 is 35.9 Å². The van der Waals surface area contributed by atoms with E-state index in [4.69, 9.17) is 0 Å². The molecule has 0 aliphatic carbocycles. The van der Waals surface area contributed by atoms with Crippen LogP contribution in [0, 0.1) is 0 Å². The molecule has 0 radical (unpaired) electrons. The minimum atomic E-state index is -4.60.